The summed E-state index contributed by atoms with van der Waals surface area (Å²) in [5, 5.41) is 10.6. The lowest BCUT2D eigenvalue weighted by Gasteiger charge is -2.11. The third-order valence-electron chi connectivity index (χ3n) is 2.39. The van der Waals surface area contributed by atoms with Crippen LogP contribution < -0.4 is 0 Å². The summed E-state index contributed by atoms with van der Waals surface area (Å²) in [6.45, 7) is 0. The van der Waals surface area contributed by atoms with Crippen molar-refractivity contribution in [3.05, 3.63) is 64.9 Å². The van der Waals surface area contributed by atoms with Crippen LogP contribution in [0.3, 0.4) is 0 Å². The molecule has 0 spiro atoms. The molecule has 2 nitrogen and oxygen atoms in total. The third-order valence-corrected chi connectivity index (χ3v) is 2.74. The normalized spacial score (nSPS) is 12.4. The lowest BCUT2D eigenvalue weighted by molar-refractivity contribution is 0.177. The fraction of sp³-hybridized carbons (Fsp3) is 0.154. The molecule has 1 N–H and O–H groups in total. The number of aromatic nitrogens is 1. The fourth-order valence-electron chi connectivity index (χ4n) is 1.57. The Morgan fingerprint density at radius 2 is 1.88 bits per heavy atom. The number of pyridine rings is 1. The van der Waals surface area contributed by atoms with Crippen LogP contribution in [0, 0.1) is 0 Å². The molecule has 2 aromatic rings. The molecule has 1 aromatic carbocycles. The van der Waals surface area contributed by atoms with E-state index in [9.17, 15) is 5.11 Å². The standard InChI is InChI=1S/C13H12ClNO/c14-12-7-2-1-6-11(12)13(16)9-10-5-3-4-8-15-10/h1-8,13,16H,9H2. The van der Waals surface area contributed by atoms with Gasteiger partial charge in [-0.05, 0) is 23.8 Å². The average Bonchev–Trinajstić information content (AvgIpc) is 2.31. The monoisotopic (exact) mass is 233 g/mol. The van der Waals surface area contributed by atoms with E-state index >= 15 is 0 Å². The number of rotatable bonds is 3. The van der Waals surface area contributed by atoms with Crippen LogP contribution in [0.15, 0.2) is 48.7 Å². The number of aliphatic hydroxyl groups excluding tert-OH is 1. The topological polar surface area (TPSA) is 33.1 Å². The first-order valence-corrected chi connectivity index (χ1v) is 5.47. The van der Waals surface area contributed by atoms with Gasteiger partial charge in [0, 0.05) is 23.3 Å². The number of hydrogen-bond donors (Lipinski definition) is 1. The second-order valence-corrected chi connectivity index (χ2v) is 3.97. The highest BCUT2D eigenvalue weighted by Gasteiger charge is 2.11. The molecule has 16 heavy (non-hydrogen) atoms. The molecule has 0 bridgehead atoms. The summed E-state index contributed by atoms with van der Waals surface area (Å²) in [7, 11) is 0. The Bertz CT molecular complexity index is 458. The van der Waals surface area contributed by atoms with Crippen molar-refractivity contribution < 1.29 is 5.11 Å². The van der Waals surface area contributed by atoms with E-state index in [1.807, 2.05) is 36.4 Å². The second-order valence-electron chi connectivity index (χ2n) is 3.56. The van der Waals surface area contributed by atoms with Gasteiger partial charge in [-0.1, -0.05) is 35.9 Å². The molecule has 0 radical (unpaired) electrons. The molecule has 0 aliphatic carbocycles. The Labute approximate surface area is 99.5 Å². The van der Waals surface area contributed by atoms with Crippen LogP contribution in [0.1, 0.15) is 17.4 Å². The Kier molecular flexibility index (Phi) is 3.54. The molecule has 1 unspecified atom stereocenters. The molecule has 1 heterocycles. The Morgan fingerprint density at radius 3 is 2.56 bits per heavy atom. The highest BCUT2D eigenvalue weighted by molar-refractivity contribution is 6.31. The van der Waals surface area contributed by atoms with Gasteiger partial charge in [0.1, 0.15) is 0 Å². The van der Waals surface area contributed by atoms with Crippen molar-refractivity contribution in [2.45, 2.75) is 12.5 Å². The zero-order valence-electron chi connectivity index (χ0n) is 8.68. The van der Waals surface area contributed by atoms with Gasteiger partial charge in [0.15, 0.2) is 0 Å². The second kappa shape index (κ2) is 5.10. The minimum Gasteiger partial charge on any atom is -0.388 e. The van der Waals surface area contributed by atoms with E-state index in [-0.39, 0.29) is 0 Å². The van der Waals surface area contributed by atoms with Gasteiger partial charge in [0.25, 0.3) is 0 Å². The lowest BCUT2D eigenvalue weighted by atomic mass is 10.0. The van der Waals surface area contributed by atoms with Crippen molar-refractivity contribution in [2.24, 2.45) is 0 Å². The highest BCUT2D eigenvalue weighted by atomic mass is 35.5. The molecule has 0 saturated carbocycles. The molecule has 0 fully saturated rings. The number of benzene rings is 1. The number of hydrogen-bond acceptors (Lipinski definition) is 2. The van der Waals surface area contributed by atoms with Crippen molar-refractivity contribution in [2.75, 3.05) is 0 Å². The summed E-state index contributed by atoms with van der Waals surface area (Å²) >= 11 is 6.00. The van der Waals surface area contributed by atoms with Gasteiger partial charge in [-0.3, -0.25) is 4.98 Å². The molecule has 1 aromatic heterocycles. The van der Waals surface area contributed by atoms with E-state index in [4.69, 9.17) is 11.6 Å². The summed E-state index contributed by atoms with van der Waals surface area (Å²) in [5.41, 5.74) is 1.60. The maximum Gasteiger partial charge on any atom is 0.0859 e. The number of aliphatic hydroxyl groups is 1. The molecule has 1 atom stereocenters. The maximum atomic E-state index is 10.0. The van der Waals surface area contributed by atoms with Gasteiger partial charge >= 0.3 is 0 Å². The van der Waals surface area contributed by atoms with Gasteiger partial charge in [-0.15, -0.1) is 0 Å². The van der Waals surface area contributed by atoms with Crippen LogP contribution in [-0.4, -0.2) is 10.1 Å². The first kappa shape index (κ1) is 11.1. The fourth-order valence-corrected chi connectivity index (χ4v) is 1.83. The van der Waals surface area contributed by atoms with E-state index in [0.29, 0.717) is 11.4 Å². The molecule has 0 aliphatic rings. The van der Waals surface area contributed by atoms with Crippen molar-refractivity contribution in [3.8, 4) is 0 Å². The first-order chi connectivity index (χ1) is 7.77. The Morgan fingerprint density at radius 1 is 1.12 bits per heavy atom. The van der Waals surface area contributed by atoms with Crippen LogP contribution in [0.25, 0.3) is 0 Å². The van der Waals surface area contributed by atoms with E-state index in [2.05, 4.69) is 4.98 Å². The van der Waals surface area contributed by atoms with Crippen molar-refractivity contribution in [3.63, 3.8) is 0 Å². The van der Waals surface area contributed by atoms with Crippen molar-refractivity contribution >= 4 is 11.6 Å². The summed E-state index contributed by atoms with van der Waals surface area (Å²) < 4.78 is 0. The molecule has 0 saturated heterocycles. The predicted molar refractivity (Wildman–Crippen MR) is 64.4 cm³/mol. The lowest BCUT2D eigenvalue weighted by Crippen LogP contribution is -2.03. The zero-order chi connectivity index (χ0) is 11.4. The Balaban J connectivity index is 2.15. The molecule has 0 amide bonds. The molecular weight excluding hydrogens is 222 g/mol. The summed E-state index contributed by atoms with van der Waals surface area (Å²) in [4.78, 5) is 4.17. The first-order valence-electron chi connectivity index (χ1n) is 5.10. The number of nitrogens with zero attached hydrogens (tertiary/aromatic N) is 1. The van der Waals surface area contributed by atoms with Gasteiger partial charge in [0.05, 0.1) is 6.10 Å². The SMILES string of the molecule is OC(Cc1ccccn1)c1ccccc1Cl. The minimum atomic E-state index is -0.608. The molecule has 0 aliphatic heterocycles. The van der Waals surface area contributed by atoms with Gasteiger partial charge in [0.2, 0.25) is 0 Å². The van der Waals surface area contributed by atoms with Gasteiger partial charge < -0.3 is 5.11 Å². The van der Waals surface area contributed by atoms with E-state index in [1.54, 1.807) is 12.3 Å². The quantitative estimate of drug-likeness (QED) is 0.884. The van der Waals surface area contributed by atoms with Gasteiger partial charge in [-0.25, -0.2) is 0 Å². The minimum absolute atomic E-state index is 0.477. The van der Waals surface area contributed by atoms with Crippen molar-refractivity contribution in [1.29, 1.82) is 0 Å². The van der Waals surface area contributed by atoms with Crippen LogP contribution in [0.4, 0.5) is 0 Å². The van der Waals surface area contributed by atoms with Crippen LogP contribution in [0.5, 0.6) is 0 Å². The molecule has 3 heteroatoms. The van der Waals surface area contributed by atoms with Gasteiger partial charge in [-0.2, -0.15) is 0 Å². The van der Waals surface area contributed by atoms with Crippen molar-refractivity contribution in [1.82, 2.24) is 4.98 Å². The van der Waals surface area contributed by atoms with E-state index in [1.165, 1.54) is 0 Å². The third kappa shape index (κ3) is 2.60. The van der Waals surface area contributed by atoms with E-state index < -0.39 is 6.10 Å². The van der Waals surface area contributed by atoms with E-state index in [0.717, 1.165) is 11.3 Å². The average molecular weight is 234 g/mol. The summed E-state index contributed by atoms with van der Waals surface area (Å²) in [5.74, 6) is 0. The zero-order valence-corrected chi connectivity index (χ0v) is 9.43. The number of halogens is 1. The molecule has 2 rings (SSSR count). The smallest absolute Gasteiger partial charge is 0.0859 e. The van der Waals surface area contributed by atoms with Crippen LogP contribution in [0.2, 0.25) is 5.02 Å². The van der Waals surface area contributed by atoms with Crippen LogP contribution in [-0.2, 0) is 6.42 Å². The molecular formula is C13H12ClNO. The summed E-state index contributed by atoms with van der Waals surface area (Å²) in [6.07, 6.45) is 1.59. The van der Waals surface area contributed by atoms with Crippen LogP contribution >= 0.6 is 11.6 Å². The highest BCUT2D eigenvalue weighted by Crippen LogP contribution is 2.24. The maximum absolute atomic E-state index is 10.0. The predicted octanol–water partition coefficient (Wildman–Crippen LogP) is 3.01. The molecule has 82 valence electrons. The summed E-state index contributed by atoms with van der Waals surface area (Å²) in [6, 6.07) is 13.0. The Hall–Kier alpha value is -1.38. The largest absolute Gasteiger partial charge is 0.388 e.